The van der Waals surface area contributed by atoms with Gasteiger partial charge in [0.2, 0.25) is 11.8 Å². The van der Waals surface area contributed by atoms with E-state index in [0.717, 1.165) is 17.9 Å². The fourth-order valence-electron chi connectivity index (χ4n) is 6.20. The Balaban J connectivity index is 1.56. The molecule has 4 rings (SSSR count). The molecule has 3 N–H and O–H groups in total. The third kappa shape index (κ3) is 6.00. The predicted molar refractivity (Wildman–Crippen MR) is 137 cm³/mol. The van der Waals surface area contributed by atoms with Gasteiger partial charge in [0.05, 0.1) is 12.5 Å². The highest BCUT2D eigenvalue weighted by Crippen LogP contribution is 2.43. The van der Waals surface area contributed by atoms with Crippen molar-refractivity contribution < 1.29 is 32.8 Å². The van der Waals surface area contributed by atoms with Gasteiger partial charge >= 0.3 is 0 Å². The Hall–Kier alpha value is -2.50. The van der Waals surface area contributed by atoms with Gasteiger partial charge in [-0.15, -0.1) is 0 Å². The highest BCUT2D eigenvalue weighted by Gasteiger charge is 2.53. The van der Waals surface area contributed by atoms with Crippen molar-refractivity contribution in [1.29, 1.82) is 0 Å². The van der Waals surface area contributed by atoms with Crippen LogP contribution >= 0.6 is 11.6 Å². The minimum atomic E-state index is -2.43. The number of rotatable bonds is 7. The van der Waals surface area contributed by atoms with E-state index in [4.69, 9.17) is 11.6 Å². The summed E-state index contributed by atoms with van der Waals surface area (Å²) in [5.41, 5.74) is -2.78. The molecular formula is C26H38ClF2N5O5. The lowest BCUT2D eigenvalue weighted by Crippen LogP contribution is -2.62. The number of alkyl halides is 3. The highest BCUT2D eigenvalue weighted by molar-refractivity contribution is 6.29. The summed E-state index contributed by atoms with van der Waals surface area (Å²) in [6.07, 6.45) is 3.53. The van der Waals surface area contributed by atoms with Crippen molar-refractivity contribution in [3.05, 3.63) is 0 Å². The number of nitrogens with one attached hydrogen (secondary N) is 3. The SMILES string of the molecule is CC(C)(C)C(NC(=O)C1(F)CCC1)C(=O)N1C[C@@H]2CCC[C@@H]2[C@H]1C(=O)NN(C[C@@H]1CCNC1=O)C(=O)C(F)Cl. The Labute approximate surface area is 231 Å². The van der Waals surface area contributed by atoms with Gasteiger partial charge in [-0.3, -0.25) is 29.4 Å². The van der Waals surface area contributed by atoms with E-state index in [-0.39, 0.29) is 43.7 Å². The Kier molecular flexibility index (Phi) is 8.45. The summed E-state index contributed by atoms with van der Waals surface area (Å²) in [5.74, 6) is -4.38. The lowest BCUT2D eigenvalue weighted by molar-refractivity contribution is -0.152. The molecule has 4 fully saturated rings. The molecule has 5 amide bonds. The van der Waals surface area contributed by atoms with Crippen LogP contribution in [0.2, 0.25) is 0 Å². The maximum atomic E-state index is 14.9. The van der Waals surface area contributed by atoms with Crippen LogP contribution in [0.25, 0.3) is 0 Å². The van der Waals surface area contributed by atoms with Gasteiger partial charge in [0.25, 0.3) is 23.4 Å². The molecule has 6 atom stereocenters. The van der Waals surface area contributed by atoms with Gasteiger partial charge in [0.15, 0.2) is 5.67 Å². The smallest absolute Gasteiger partial charge is 0.291 e. The van der Waals surface area contributed by atoms with Gasteiger partial charge in [0, 0.05) is 13.1 Å². The van der Waals surface area contributed by atoms with E-state index in [1.807, 2.05) is 0 Å². The minimum absolute atomic E-state index is 0.0341. The monoisotopic (exact) mass is 573 g/mol. The molecule has 218 valence electrons. The van der Waals surface area contributed by atoms with Crippen molar-refractivity contribution in [2.75, 3.05) is 19.6 Å². The molecule has 2 heterocycles. The molecule has 0 spiro atoms. The van der Waals surface area contributed by atoms with E-state index < -0.39 is 58.3 Å². The third-order valence-corrected chi connectivity index (χ3v) is 8.83. The lowest BCUT2D eigenvalue weighted by atomic mass is 9.79. The summed E-state index contributed by atoms with van der Waals surface area (Å²) < 4.78 is 28.7. The van der Waals surface area contributed by atoms with Crippen LogP contribution < -0.4 is 16.1 Å². The molecule has 4 aliphatic rings. The zero-order valence-electron chi connectivity index (χ0n) is 22.6. The summed E-state index contributed by atoms with van der Waals surface area (Å²) in [7, 11) is 0. The zero-order valence-corrected chi connectivity index (χ0v) is 23.4. The van der Waals surface area contributed by atoms with Crippen LogP contribution in [0.3, 0.4) is 0 Å². The van der Waals surface area contributed by atoms with E-state index >= 15 is 0 Å². The molecule has 2 saturated carbocycles. The van der Waals surface area contributed by atoms with Gasteiger partial charge in [-0.2, -0.15) is 0 Å². The van der Waals surface area contributed by atoms with Crippen LogP contribution in [0.4, 0.5) is 8.78 Å². The second-order valence-electron chi connectivity index (χ2n) is 12.4. The van der Waals surface area contributed by atoms with Crippen LogP contribution in [0, 0.1) is 23.2 Å². The number of hydrogen-bond acceptors (Lipinski definition) is 5. The summed E-state index contributed by atoms with van der Waals surface area (Å²) in [5, 5.41) is 5.98. The summed E-state index contributed by atoms with van der Waals surface area (Å²) in [6, 6.07) is -2.08. The van der Waals surface area contributed by atoms with Crippen LogP contribution in [0.1, 0.15) is 65.7 Å². The van der Waals surface area contributed by atoms with Crippen LogP contribution in [0.15, 0.2) is 0 Å². The standard InChI is InChI=1S/C26H38ClF2N5O5/c1-25(2,3)18(31-24(39)26(29)9-5-10-26)22(37)33-12-14-6-4-7-16(14)17(33)21(36)32-34(23(38)19(27)28)13-15-8-11-30-20(15)35/h14-19H,4-13H2,1-3H3,(H,30,35)(H,31,39)(H,32,36)/t14-,15-,16-,17-,18?,19?/m0/s1. The first-order valence-electron chi connectivity index (χ1n) is 13.7. The summed E-state index contributed by atoms with van der Waals surface area (Å²) in [6.45, 7) is 5.66. The van der Waals surface area contributed by atoms with Crippen molar-refractivity contribution in [2.24, 2.45) is 23.2 Å². The minimum Gasteiger partial charge on any atom is -0.356 e. The lowest BCUT2D eigenvalue weighted by Gasteiger charge is -2.39. The largest absolute Gasteiger partial charge is 0.356 e. The van der Waals surface area contributed by atoms with Gasteiger partial charge in [-0.1, -0.05) is 38.8 Å². The van der Waals surface area contributed by atoms with Crippen molar-refractivity contribution in [3.63, 3.8) is 0 Å². The van der Waals surface area contributed by atoms with Crippen molar-refractivity contribution in [3.8, 4) is 0 Å². The van der Waals surface area contributed by atoms with E-state index in [0.29, 0.717) is 25.8 Å². The van der Waals surface area contributed by atoms with Crippen LogP contribution in [-0.2, 0) is 24.0 Å². The number of carbonyl (C=O) groups excluding carboxylic acids is 5. The number of halogens is 3. The molecule has 0 aromatic rings. The maximum Gasteiger partial charge on any atom is 0.291 e. The number of nitrogens with zero attached hydrogens (tertiary/aromatic N) is 2. The molecule has 0 radical (unpaired) electrons. The first-order chi connectivity index (χ1) is 18.2. The number of fused-ring (bicyclic) bond motifs is 1. The highest BCUT2D eigenvalue weighted by atomic mass is 35.5. The fourth-order valence-corrected chi connectivity index (χ4v) is 6.32. The molecular weight excluding hydrogens is 536 g/mol. The van der Waals surface area contributed by atoms with Gasteiger partial charge < -0.3 is 15.5 Å². The number of likely N-dealkylation sites (tertiary alicyclic amines) is 1. The molecule has 0 aromatic carbocycles. The average molecular weight is 574 g/mol. The van der Waals surface area contributed by atoms with E-state index in [1.54, 1.807) is 20.8 Å². The predicted octanol–water partition coefficient (Wildman–Crippen LogP) is 1.57. The molecule has 13 heteroatoms. The molecule has 0 bridgehead atoms. The third-order valence-electron chi connectivity index (χ3n) is 8.65. The van der Waals surface area contributed by atoms with Crippen molar-refractivity contribution >= 4 is 41.1 Å². The summed E-state index contributed by atoms with van der Waals surface area (Å²) >= 11 is 5.40. The van der Waals surface area contributed by atoms with Gasteiger partial charge in [0.1, 0.15) is 12.1 Å². The average Bonchev–Trinajstić information content (AvgIpc) is 3.54. The zero-order chi connectivity index (χ0) is 28.7. The molecule has 2 saturated heterocycles. The molecule has 2 aliphatic carbocycles. The van der Waals surface area contributed by atoms with Crippen LogP contribution in [-0.4, -0.2) is 82.5 Å². The van der Waals surface area contributed by atoms with Crippen molar-refractivity contribution in [1.82, 2.24) is 26.0 Å². The number of hydrogen-bond donors (Lipinski definition) is 3. The molecule has 10 nitrogen and oxygen atoms in total. The first kappa shape index (κ1) is 29.5. The van der Waals surface area contributed by atoms with Gasteiger partial charge in [-0.05, 0) is 55.8 Å². The Bertz CT molecular complexity index is 1020. The molecule has 2 unspecified atom stereocenters. The Morgan fingerprint density at radius 3 is 2.41 bits per heavy atom. The summed E-state index contributed by atoms with van der Waals surface area (Å²) in [4.78, 5) is 66.4. The van der Waals surface area contributed by atoms with Gasteiger partial charge in [-0.25, -0.2) is 13.8 Å². The molecule has 39 heavy (non-hydrogen) atoms. The molecule has 2 aliphatic heterocycles. The second kappa shape index (κ2) is 11.2. The quantitative estimate of drug-likeness (QED) is 0.315. The van der Waals surface area contributed by atoms with E-state index in [2.05, 4.69) is 16.1 Å². The van der Waals surface area contributed by atoms with E-state index in [9.17, 15) is 32.8 Å². The number of carbonyl (C=O) groups is 5. The fraction of sp³-hybridized carbons (Fsp3) is 0.808. The number of amides is 5. The second-order valence-corrected chi connectivity index (χ2v) is 12.8. The Morgan fingerprint density at radius 1 is 1.18 bits per heavy atom. The van der Waals surface area contributed by atoms with E-state index in [1.165, 1.54) is 4.90 Å². The Morgan fingerprint density at radius 2 is 1.87 bits per heavy atom. The normalized spacial score (nSPS) is 29.1. The molecule has 0 aromatic heterocycles. The van der Waals surface area contributed by atoms with Crippen LogP contribution in [0.5, 0.6) is 0 Å². The topological polar surface area (TPSA) is 128 Å². The van der Waals surface area contributed by atoms with Crippen molar-refractivity contribution in [2.45, 2.75) is 89.1 Å². The first-order valence-corrected chi connectivity index (χ1v) is 14.1. The number of hydrazine groups is 1. The maximum absolute atomic E-state index is 14.9.